The largest absolute Gasteiger partial charge is 0.481 e. The second kappa shape index (κ2) is 8.19. The van der Waals surface area contributed by atoms with E-state index in [9.17, 15) is 19.5 Å². The van der Waals surface area contributed by atoms with Crippen LogP contribution in [0, 0.1) is 11.3 Å². The Bertz CT molecular complexity index is 1070. The van der Waals surface area contributed by atoms with Crippen LogP contribution in [-0.4, -0.2) is 67.4 Å². The van der Waals surface area contributed by atoms with Gasteiger partial charge in [-0.1, -0.05) is 48.5 Å². The Morgan fingerprint density at radius 1 is 1.12 bits per heavy atom. The Balaban J connectivity index is 1.23. The first-order valence-electron chi connectivity index (χ1n) is 11.1. The van der Waals surface area contributed by atoms with Gasteiger partial charge in [-0.3, -0.25) is 9.59 Å². The molecule has 2 amide bonds. The number of fused-ring (bicyclic) bond motifs is 4. The third kappa shape index (κ3) is 3.64. The van der Waals surface area contributed by atoms with Gasteiger partial charge in [-0.15, -0.1) is 0 Å². The van der Waals surface area contributed by atoms with E-state index in [2.05, 4.69) is 17.4 Å². The van der Waals surface area contributed by atoms with Crippen molar-refractivity contribution in [2.75, 3.05) is 33.4 Å². The number of nitrogens with zero attached hydrogens (tertiary/aromatic N) is 1. The minimum atomic E-state index is -0.936. The van der Waals surface area contributed by atoms with Gasteiger partial charge < -0.3 is 24.8 Å². The molecule has 1 saturated heterocycles. The highest BCUT2D eigenvalue weighted by atomic mass is 16.5. The van der Waals surface area contributed by atoms with Gasteiger partial charge >= 0.3 is 12.1 Å². The molecule has 8 heteroatoms. The van der Waals surface area contributed by atoms with Crippen molar-refractivity contribution in [2.24, 2.45) is 11.3 Å². The molecule has 0 bridgehead atoms. The Morgan fingerprint density at radius 2 is 1.76 bits per heavy atom. The van der Waals surface area contributed by atoms with Gasteiger partial charge in [0.25, 0.3) is 0 Å². The van der Waals surface area contributed by atoms with Crippen molar-refractivity contribution in [2.45, 2.75) is 18.4 Å². The number of hydrogen-bond donors (Lipinski definition) is 2. The monoisotopic (exact) mass is 450 g/mol. The second-order valence-corrected chi connectivity index (χ2v) is 9.06. The summed E-state index contributed by atoms with van der Waals surface area (Å²) in [6.45, 7) is 0.669. The van der Waals surface area contributed by atoms with Gasteiger partial charge in [0, 0.05) is 26.1 Å². The number of aliphatic carboxylic acids is 1. The fraction of sp³-hybridized carbons (Fsp3) is 0.400. The highest BCUT2D eigenvalue weighted by molar-refractivity contribution is 5.88. The molecule has 172 valence electrons. The standard InChI is InChI=1S/C25H26N2O6/c1-32-13-21(22(28)27-11-15-10-25(15,14-27)23(29)30)26-24(31)33-12-20-18-8-4-2-6-16(18)17-7-3-5-9-19(17)20/h2-9,15,20-21H,10-14H2,1H3,(H,26,31)(H,29,30)/t15?,21-,25?/m0/s1. The van der Waals surface area contributed by atoms with Crippen LogP contribution in [0.1, 0.15) is 23.5 Å². The Morgan fingerprint density at radius 3 is 2.33 bits per heavy atom. The van der Waals surface area contributed by atoms with Crippen LogP contribution in [0.15, 0.2) is 48.5 Å². The lowest BCUT2D eigenvalue weighted by molar-refractivity contribution is -0.144. The molecule has 3 aliphatic rings. The summed E-state index contributed by atoms with van der Waals surface area (Å²) in [7, 11) is 1.44. The Hall–Kier alpha value is -3.39. The van der Waals surface area contributed by atoms with E-state index in [0.717, 1.165) is 22.3 Å². The zero-order valence-electron chi connectivity index (χ0n) is 18.3. The number of amides is 2. The van der Waals surface area contributed by atoms with Crippen LogP contribution in [0.5, 0.6) is 0 Å². The maximum absolute atomic E-state index is 13.0. The summed E-state index contributed by atoms with van der Waals surface area (Å²) in [5.74, 6) is -1.31. The lowest BCUT2D eigenvalue weighted by Crippen LogP contribution is -2.51. The number of methoxy groups -OCH3 is 1. The molecular formula is C25H26N2O6. The predicted molar refractivity (Wildman–Crippen MR) is 119 cm³/mol. The van der Waals surface area contributed by atoms with Crippen LogP contribution in [0.2, 0.25) is 0 Å². The first-order chi connectivity index (χ1) is 15.9. The van der Waals surface area contributed by atoms with E-state index in [-0.39, 0.29) is 37.5 Å². The number of hydrogen-bond acceptors (Lipinski definition) is 5. The molecule has 3 atom stereocenters. The number of nitrogens with one attached hydrogen (secondary N) is 1. The number of carboxylic acids is 1. The molecule has 1 aliphatic heterocycles. The SMILES string of the molecule is COC[C@H](NC(=O)OCC1c2ccccc2-c2ccccc21)C(=O)N1CC2CC2(C(=O)O)C1. The zero-order chi connectivity index (χ0) is 23.2. The number of carbonyl (C=O) groups is 3. The summed E-state index contributed by atoms with van der Waals surface area (Å²) in [6, 6.07) is 15.2. The van der Waals surface area contributed by atoms with Gasteiger partial charge in [0.1, 0.15) is 12.6 Å². The van der Waals surface area contributed by atoms with Crippen LogP contribution in [0.3, 0.4) is 0 Å². The highest BCUT2D eigenvalue weighted by Crippen LogP contribution is 2.57. The molecule has 2 aromatic carbocycles. The molecule has 33 heavy (non-hydrogen) atoms. The smallest absolute Gasteiger partial charge is 0.407 e. The van der Waals surface area contributed by atoms with Crippen molar-refractivity contribution in [3.05, 3.63) is 59.7 Å². The molecule has 2 aromatic rings. The van der Waals surface area contributed by atoms with Crippen LogP contribution >= 0.6 is 0 Å². The number of likely N-dealkylation sites (tertiary alicyclic amines) is 1. The average Bonchev–Trinajstić information content (AvgIpc) is 3.25. The summed E-state index contributed by atoms with van der Waals surface area (Å²) in [5, 5.41) is 12.1. The number of rotatable bonds is 7. The van der Waals surface area contributed by atoms with Gasteiger partial charge in [0.15, 0.2) is 0 Å². The molecule has 0 aromatic heterocycles. The Kier molecular flexibility index (Phi) is 5.32. The molecule has 2 aliphatic carbocycles. The number of ether oxygens (including phenoxy) is 2. The third-order valence-corrected chi connectivity index (χ3v) is 7.15. The highest BCUT2D eigenvalue weighted by Gasteiger charge is 2.66. The van der Waals surface area contributed by atoms with Crippen LogP contribution < -0.4 is 5.32 Å². The van der Waals surface area contributed by atoms with Gasteiger partial charge in [0.05, 0.1) is 12.0 Å². The maximum Gasteiger partial charge on any atom is 0.407 e. The minimum absolute atomic E-state index is 0.0170. The first-order valence-corrected chi connectivity index (χ1v) is 11.1. The molecule has 1 heterocycles. The summed E-state index contributed by atoms with van der Waals surface area (Å²) < 4.78 is 10.7. The van der Waals surface area contributed by atoms with Crippen LogP contribution in [0.25, 0.3) is 11.1 Å². The van der Waals surface area contributed by atoms with Gasteiger partial charge in [-0.25, -0.2) is 4.79 Å². The van der Waals surface area contributed by atoms with Gasteiger partial charge in [-0.2, -0.15) is 0 Å². The molecule has 2 fully saturated rings. The Labute approximate surface area is 191 Å². The molecule has 0 spiro atoms. The lowest BCUT2D eigenvalue weighted by Gasteiger charge is -2.25. The maximum atomic E-state index is 13.0. The van der Waals surface area contributed by atoms with Crippen molar-refractivity contribution < 1.29 is 29.0 Å². The fourth-order valence-corrected chi connectivity index (χ4v) is 5.33. The van der Waals surface area contributed by atoms with E-state index in [1.54, 1.807) is 0 Å². The summed E-state index contributed by atoms with van der Waals surface area (Å²) >= 11 is 0. The molecule has 8 nitrogen and oxygen atoms in total. The van der Waals surface area contributed by atoms with E-state index in [4.69, 9.17) is 9.47 Å². The van der Waals surface area contributed by atoms with E-state index < -0.39 is 23.5 Å². The van der Waals surface area contributed by atoms with Crippen molar-refractivity contribution in [3.8, 4) is 11.1 Å². The zero-order valence-corrected chi connectivity index (χ0v) is 18.3. The summed E-state index contributed by atoms with van der Waals surface area (Å²) in [5.41, 5.74) is 3.65. The number of piperidine rings is 1. The number of carbonyl (C=O) groups excluding carboxylic acids is 2. The third-order valence-electron chi connectivity index (χ3n) is 7.15. The molecule has 5 rings (SSSR count). The minimum Gasteiger partial charge on any atom is -0.481 e. The molecule has 0 radical (unpaired) electrons. The molecule has 1 saturated carbocycles. The number of benzene rings is 2. The lowest BCUT2D eigenvalue weighted by atomic mass is 9.98. The molecular weight excluding hydrogens is 424 g/mol. The van der Waals surface area contributed by atoms with E-state index in [0.29, 0.717) is 13.0 Å². The number of carboxylic acid groups (broad SMARTS) is 1. The first kappa shape index (κ1) is 21.5. The quantitative estimate of drug-likeness (QED) is 0.672. The fourth-order valence-electron chi connectivity index (χ4n) is 5.33. The van der Waals surface area contributed by atoms with Crippen LogP contribution in [0.4, 0.5) is 4.79 Å². The van der Waals surface area contributed by atoms with Gasteiger partial charge in [0.2, 0.25) is 5.91 Å². The van der Waals surface area contributed by atoms with Crippen molar-refractivity contribution in [3.63, 3.8) is 0 Å². The molecule has 2 N–H and O–H groups in total. The predicted octanol–water partition coefficient (Wildman–Crippen LogP) is 2.47. The normalized spacial score (nSPS) is 23.3. The van der Waals surface area contributed by atoms with Crippen LogP contribution in [-0.2, 0) is 19.1 Å². The summed E-state index contributed by atoms with van der Waals surface area (Å²) in [4.78, 5) is 38.6. The average molecular weight is 450 g/mol. The van der Waals surface area contributed by atoms with E-state index in [1.165, 1.54) is 12.0 Å². The van der Waals surface area contributed by atoms with E-state index in [1.807, 2.05) is 36.4 Å². The summed E-state index contributed by atoms with van der Waals surface area (Å²) in [6.07, 6.45) is -0.106. The van der Waals surface area contributed by atoms with Crippen molar-refractivity contribution in [1.82, 2.24) is 10.2 Å². The van der Waals surface area contributed by atoms with Crippen molar-refractivity contribution >= 4 is 18.0 Å². The molecule has 2 unspecified atom stereocenters. The second-order valence-electron chi connectivity index (χ2n) is 9.06. The van der Waals surface area contributed by atoms with Gasteiger partial charge in [-0.05, 0) is 34.6 Å². The topological polar surface area (TPSA) is 105 Å². The number of alkyl carbamates (subject to hydrolysis) is 1. The van der Waals surface area contributed by atoms with E-state index >= 15 is 0 Å². The van der Waals surface area contributed by atoms with Crippen molar-refractivity contribution in [1.29, 1.82) is 0 Å².